The van der Waals surface area contributed by atoms with Crippen LogP contribution in [0.3, 0.4) is 0 Å². The number of hydrogen-bond acceptors (Lipinski definition) is 3. The number of benzene rings is 1. The van der Waals surface area contributed by atoms with Gasteiger partial charge < -0.3 is 14.8 Å². The topological polar surface area (TPSA) is 30.5 Å². The Kier molecular flexibility index (Phi) is 6.37. The highest BCUT2D eigenvalue weighted by Crippen LogP contribution is 2.30. The van der Waals surface area contributed by atoms with Gasteiger partial charge in [0.05, 0.1) is 13.2 Å². The molecule has 0 unspecified atom stereocenters. The Morgan fingerprint density at radius 2 is 2.05 bits per heavy atom. The summed E-state index contributed by atoms with van der Waals surface area (Å²) in [6, 6.07) is 6.69. The van der Waals surface area contributed by atoms with E-state index in [1.807, 2.05) is 12.1 Å². The van der Waals surface area contributed by atoms with Crippen molar-refractivity contribution < 1.29 is 9.47 Å². The predicted molar refractivity (Wildman–Crippen MR) is 87.0 cm³/mol. The molecule has 0 amide bonds. The van der Waals surface area contributed by atoms with Crippen LogP contribution >= 0.6 is 0 Å². The zero-order valence-electron chi connectivity index (χ0n) is 13.7. The Morgan fingerprint density at radius 3 is 2.67 bits per heavy atom. The van der Waals surface area contributed by atoms with E-state index in [2.05, 4.69) is 32.2 Å². The van der Waals surface area contributed by atoms with Crippen LogP contribution in [0, 0.1) is 5.92 Å². The molecule has 1 aromatic rings. The van der Waals surface area contributed by atoms with Crippen molar-refractivity contribution >= 4 is 0 Å². The van der Waals surface area contributed by atoms with Gasteiger partial charge in [0.15, 0.2) is 0 Å². The summed E-state index contributed by atoms with van der Waals surface area (Å²) in [5.41, 5.74) is 1.21. The van der Waals surface area contributed by atoms with Crippen molar-refractivity contribution in [2.24, 2.45) is 5.92 Å². The van der Waals surface area contributed by atoms with Crippen LogP contribution in [0.1, 0.15) is 52.0 Å². The van der Waals surface area contributed by atoms with Crippen LogP contribution in [0.15, 0.2) is 18.2 Å². The summed E-state index contributed by atoms with van der Waals surface area (Å²) in [6.07, 6.45) is 5.00. The number of nitrogens with one attached hydrogen (secondary N) is 1. The largest absolute Gasteiger partial charge is 0.493 e. The highest BCUT2D eigenvalue weighted by atomic mass is 16.5. The van der Waals surface area contributed by atoms with Crippen LogP contribution in [0.5, 0.6) is 11.5 Å². The van der Waals surface area contributed by atoms with E-state index in [1.54, 1.807) is 0 Å². The van der Waals surface area contributed by atoms with Crippen molar-refractivity contribution in [2.45, 2.75) is 59.0 Å². The third-order valence-electron chi connectivity index (χ3n) is 3.91. The first-order valence-corrected chi connectivity index (χ1v) is 8.31. The monoisotopic (exact) mass is 291 g/mol. The van der Waals surface area contributed by atoms with E-state index in [9.17, 15) is 0 Å². The van der Waals surface area contributed by atoms with Gasteiger partial charge in [-0.1, -0.05) is 33.3 Å². The maximum absolute atomic E-state index is 6.07. The summed E-state index contributed by atoms with van der Waals surface area (Å²) < 4.78 is 11.8. The molecule has 3 heteroatoms. The predicted octanol–water partition coefficient (Wildman–Crippen LogP) is 4.15. The normalized spacial score (nSPS) is 15.0. The summed E-state index contributed by atoms with van der Waals surface area (Å²) in [6.45, 7) is 8.87. The van der Waals surface area contributed by atoms with E-state index < -0.39 is 0 Å². The van der Waals surface area contributed by atoms with Gasteiger partial charge in [0.1, 0.15) is 11.5 Å². The molecule has 2 rings (SSSR count). The maximum Gasteiger partial charge on any atom is 0.127 e. The van der Waals surface area contributed by atoms with Crippen LogP contribution in [0.2, 0.25) is 0 Å². The van der Waals surface area contributed by atoms with Crippen LogP contribution < -0.4 is 14.8 Å². The standard InChI is InChI=1S/C18H29NO2/c1-4-10-20-17-9-8-16(12-19-14(2)3)18(11-17)21-13-15-6-5-7-15/h8-9,11,14-15,19H,4-7,10,12-13H2,1-3H3. The highest BCUT2D eigenvalue weighted by Gasteiger charge is 2.18. The molecule has 1 saturated carbocycles. The van der Waals surface area contributed by atoms with Gasteiger partial charge in [-0.05, 0) is 31.2 Å². The first-order valence-electron chi connectivity index (χ1n) is 8.31. The van der Waals surface area contributed by atoms with Crippen LogP contribution in [0.4, 0.5) is 0 Å². The minimum Gasteiger partial charge on any atom is -0.493 e. The lowest BCUT2D eigenvalue weighted by Gasteiger charge is -2.26. The average molecular weight is 291 g/mol. The molecular weight excluding hydrogens is 262 g/mol. The molecular formula is C18H29NO2. The first-order chi connectivity index (χ1) is 10.2. The summed E-state index contributed by atoms with van der Waals surface area (Å²) in [5, 5.41) is 3.46. The fraction of sp³-hybridized carbons (Fsp3) is 0.667. The Balaban J connectivity index is 2.01. The lowest BCUT2D eigenvalue weighted by molar-refractivity contribution is 0.178. The fourth-order valence-corrected chi connectivity index (χ4v) is 2.31. The molecule has 0 bridgehead atoms. The average Bonchev–Trinajstić information content (AvgIpc) is 2.42. The minimum absolute atomic E-state index is 0.473. The Morgan fingerprint density at radius 1 is 1.24 bits per heavy atom. The van der Waals surface area contributed by atoms with E-state index in [0.717, 1.165) is 43.6 Å². The fourth-order valence-electron chi connectivity index (χ4n) is 2.31. The molecule has 0 atom stereocenters. The zero-order valence-corrected chi connectivity index (χ0v) is 13.7. The van der Waals surface area contributed by atoms with E-state index in [-0.39, 0.29) is 0 Å². The van der Waals surface area contributed by atoms with Gasteiger partial charge >= 0.3 is 0 Å². The molecule has 1 fully saturated rings. The third-order valence-corrected chi connectivity index (χ3v) is 3.91. The maximum atomic E-state index is 6.07. The van der Waals surface area contributed by atoms with Crippen LogP contribution in [-0.2, 0) is 6.54 Å². The van der Waals surface area contributed by atoms with E-state index in [4.69, 9.17) is 9.47 Å². The number of rotatable bonds is 9. The Bertz CT molecular complexity index is 427. The van der Waals surface area contributed by atoms with E-state index in [0.29, 0.717) is 6.04 Å². The lowest BCUT2D eigenvalue weighted by atomic mass is 9.86. The molecule has 1 N–H and O–H groups in total. The summed E-state index contributed by atoms with van der Waals surface area (Å²) in [4.78, 5) is 0. The molecule has 1 aromatic carbocycles. The second-order valence-corrected chi connectivity index (χ2v) is 6.26. The van der Waals surface area contributed by atoms with Gasteiger partial charge in [-0.2, -0.15) is 0 Å². The van der Waals surface area contributed by atoms with Gasteiger partial charge in [-0.3, -0.25) is 0 Å². The van der Waals surface area contributed by atoms with Crippen LogP contribution in [-0.4, -0.2) is 19.3 Å². The van der Waals surface area contributed by atoms with Crippen molar-refractivity contribution in [1.82, 2.24) is 5.32 Å². The van der Waals surface area contributed by atoms with Crippen molar-refractivity contribution in [2.75, 3.05) is 13.2 Å². The molecule has 0 heterocycles. The van der Waals surface area contributed by atoms with Gasteiger partial charge in [0, 0.05) is 24.2 Å². The summed E-state index contributed by atoms with van der Waals surface area (Å²) in [7, 11) is 0. The molecule has 0 spiro atoms. The third kappa shape index (κ3) is 5.24. The lowest BCUT2D eigenvalue weighted by Crippen LogP contribution is -2.23. The van der Waals surface area contributed by atoms with E-state index >= 15 is 0 Å². The number of ether oxygens (including phenoxy) is 2. The zero-order chi connectivity index (χ0) is 15.1. The van der Waals surface area contributed by atoms with Crippen molar-refractivity contribution in [1.29, 1.82) is 0 Å². The van der Waals surface area contributed by atoms with Crippen molar-refractivity contribution in [3.63, 3.8) is 0 Å². The second-order valence-electron chi connectivity index (χ2n) is 6.26. The molecule has 0 aromatic heterocycles. The van der Waals surface area contributed by atoms with Crippen molar-refractivity contribution in [3.8, 4) is 11.5 Å². The molecule has 0 saturated heterocycles. The second kappa shape index (κ2) is 8.28. The summed E-state index contributed by atoms with van der Waals surface area (Å²) in [5.74, 6) is 2.63. The number of hydrogen-bond donors (Lipinski definition) is 1. The first kappa shape index (κ1) is 16.2. The Hall–Kier alpha value is -1.22. The highest BCUT2D eigenvalue weighted by molar-refractivity contribution is 5.40. The van der Waals surface area contributed by atoms with Crippen molar-refractivity contribution in [3.05, 3.63) is 23.8 Å². The van der Waals surface area contributed by atoms with Gasteiger partial charge in [0.25, 0.3) is 0 Å². The van der Waals surface area contributed by atoms with E-state index in [1.165, 1.54) is 24.8 Å². The Labute approximate surface area is 129 Å². The van der Waals surface area contributed by atoms with Crippen LogP contribution in [0.25, 0.3) is 0 Å². The van der Waals surface area contributed by atoms with Gasteiger partial charge in [0.2, 0.25) is 0 Å². The van der Waals surface area contributed by atoms with Gasteiger partial charge in [-0.25, -0.2) is 0 Å². The molecule has 3 nitrogen and oxygen atoms in total. The smallest absolute Gasteiger partial charge is 0.127 e. The molecule has 1 aliphatic rings. The molecule has 1 aliphatic carbocycles. The molecule has 0 aliphatic heterocycles. The van der Waals surface area contributed by atoms with Gasteiger partial charge in [-0.15, -0.1) is 0 Å². The quantitative estimate of drug-likeness (QED) is 0.741. The molecule has 21 heavy (non-hydrogen) atoms. The minimum atomic E-state index is 0.473. The SMILES string of the molecule is CCCOc1ccc(CNC(C)C)c(OCC2CCC2)c1. The molecule has 118 valence electrons. The summed E-state index contributed by atoms with van der Waals surface area (Å²) >= 11 is 0. The molecule has 0 radical (unpaired) electrons.